The highest BCUT2D eigenvalue weighted by Gasteiger charge is 2.44. The van der Waals surface area contributed by atoms with E-state index in [1.54, 1.807) is 0 Å². The molecule has 0 saturated heterocycles. The van der Waals surface area contributed by atoms with Gasteiger partial charge in [0, 0.05) is 7.74 Å². The summed E-state index contributed by atoms with van der Waals surface area (Å²) in [4.78, 5) is 0. The topological polar surface area (TPSA) is 0 Å². The second-order valence-electron chi connectivity index (χ2n) is 9.86. The highest BCUT2D eigenvalue weighted by molar-refractivity contribution is 8.07. The van der Waals surface area contributed by atoms with Crippen LogP contribution in [0.5, 0.6) is 0 Å². The summed E-state index contributed by atoms with van der Waals surface area (Å²) in [6, 6.07) is 0. The highest BCUT2D eigenvalue weighted by atomic mass is 32.1. The summed E-state index contributed by atoms with van der Waals surface area (Å²) in [6.07, 6.45) is 14.7. The first-order valence-corrected chi connectivity index (χ1v) is 12.8. The monoisotopic (exact) mass is 412 g/mol. The third-order valence-electron chi connectivity index (χ3n) is 7.96. The second kappa shape index (κ2) is 13.4. The van der Waals surface area contributed by atoms with E-state index in [2.05, 4.69) is 65.8 Å². The third-order valence-corrected chi connectivity index (χ3v) is 8.81. The van der Waals surface area contributed by atoms with Crippen molar-refractivity contribution < 1.29 is 0 Å². The van der Waals surface area contributed by atoms with Crippen molar-refractivity contribution in [1.82, 2.24) is 0 Å². The first-order valence-electron chi connectivity index (χ1n) is 11.7. The van der Waals surface area contributed by atoms with Crippen LogP contribution in [0, 0.1) is 5.92 Å². The lowest BCUT2D eigenvalue weighted by molar-refractivity contribution is 0.297. The summed E-state index contributed by atoms with van der Waals surface area (Å²) in [7, 11) is 13.5. The Kier molecular flexibility index (Phi) is 13.0. The fourth-order valence-corrected chi connectivity index (χ4v) is 5.75. The van der Waals surface area contributed by atoms with Crippen LogP contribution in [0.2, 0.25) is 22.2 Å². The molecule has 152 valence electrons. The molecule has 0 aromatic rings. The van der Waals surface area contributed by atoms with Gasteiger partial charge in [-0.05, 0) is 5.92 Å². The Morgan fingerprint density at radius 2 is 1.25 bits per heavy atom. The molecule has 4 unspecified atom stereocenters. The molecular formula is C21H41B5S2. The summed E-state index contributed by atoms with van der Waals surface area (Å²) in [5.41, 5.74) is 0. The van der Waals surface area contributed by atoms with Crippen molar-refractivity contribution in [2.75, 3.05) is 0 Å². The van der Waals surface area contributed by atoms with Crippen molar-refractivity contribution in [3.05, 3.63) is 0 Å². The SMILES string of the molecule is [B]B(C([B])(C)CC)C(C)(CC)C1CCCCC([B]S)CCC([B]S)CCCC1. The van der Waals surface area contributed by atoms with Crippen molar-refractivity contribution in [1.29, 1.82) is 0 Å². The smallest absolute Gasteiger partial charge is 0.190 e. The summed E-state index contributed by atoms with van der Waals surface area (Å²) in [5, 5.41) is -0.200. The molecule has 0 aliphatic heterocycles. The molecule has 6 radical (unpaired) electrons. The van der Waals surface area contributed by atoms with Gasteiger partial charge in [-0.2, -0.15) is 0 Å². The molecule has 0 heterocycles. The van der Waals surface area contributed by atoms with Gasteiger partial charge in [-0.25, -0.2) is 25.0 Å². The van der Waals surface area contributed by atoms with Crippen LogP contribution in [0.3, 0.4) is 0 Å². The lowest BCUT2D eigenvalue weighted by Gasteiger charge is -2.48. The van der Waals surface area contributed by atoms with Crippen LogP contribution < -0.4 is 0 Å². The summed E-state index contributed by atoms with van der Waals surface area (Å²) >= 11 is 9.00. The molecule has 0 bridgehead atoms. The average Bonchev–Trinajstić information content (AvgIpc) is 2.72. The van der Waals surface area contributed by atoms with Crippen molar-refractivity contribution in [2.45, 2.75) is 127 Å². The van der Waals surface area contributed by atoms with Crippen LogP contribution in [-0.4, -0.2) is 35.3 Å². The average molecular weight is 412 g/mol. The molecule has 4 atom stereocenters. The second-order valence-corrected chi connectivity index (χ2v) is 10.5. The Hall–Kier alpha value is 1.02. The molecule has 0 aromatic carbocycles. The van der Waals surface area contributed by atoms with Crippen LogP contribution >= 0.6 is 25.0 Å². The molecule has 0 amide bonds. The largest absolute Gasteiger partial charge is 0.235 e. The minimum absolute atomic E-state index is 0.0349. The first kappa shape index (κ1) is 27.1. The van der Waals surface area contributed by atoms with Crippen LogP contribution in [-0.2, 0) is 0 Å². The molecule has 28 heavy (non-hydrogen) atoms. The van der Waals surface area contributed by atoms with Crippen molar-refractivity contribution in [3.8, 4) is 0 Å². The van der Waals surface area contributed by atoms with E-state index in [9.17, 15) is 0 Å². The van der Waals surface area contributed by atoms with Crippen LogP contribution in [0.25, 0.3) is 0 Å². The highest BCUT2D eigenvalue weighted by Crippen LogP contribution is 2.52. The molecule has 0 N–H and O–H groups in total. The minimum Gasteiger partial charge on any atom is -0.235 e. The lowest BCUT2D eigenvalue weighted by Crippen LogP contribution is -2.45. The van der Waals surface area contributed by atoms with Crippen molar-refractivity contribution >= 4 is 60.3 Å². The molecule has 0 aromatic heterocycles. The molecule has 1 saturated carbocycles. The number of rotatable bonds is 7. The van der Waals surface area contributed by atoms with E-state index >= 15 is 0 Å². The van der Waals surface area contributed by atoms with Gasteiger partial charge in [-0.3, -0.25) is 0 Å². The molecule has 1 aliphatic carbocycles. The van der Waals surface area contributed by atoms with E-state index in [1.165, 1.54) is 64.2 Å². The summed E-state index contributed by atoms with van der Waals surface area (Å²) in [5.74, 6) is 1.91. The summed E-state index contributed by atoms with van der Waals surface area (Å²) in [6.45, 7) is 13.3. The maximum atomic E-state index is 6.85. The Morgan fingerprint density at radius 1 is 0.821 bits per heavy atom. The molecule has 7 heteroatoms. The number of hydrogen-bond acceptors (Lipinski definition) is 2. The molecule has 1 fully saturated rings. The Labute approximate surface area is 192 Å². The van der Waals surface area contributed by atoms with Gasteiger partial charge in [0.15, 0.2) is 13.1 Å². The first-order chi connectivity index (χ1) is 13.2. The van der Waals surface area contributed by atoms with Crippen LogP contribution in [0.1, 0.15) is 105 Å². The van der Waals surface area contributed by atoms with E-state index < -0.39 is 0 Å². The van der Waals surface area contributed by atoms with Gasteiger partial charge in [0.1, 0.15) is 0 Å². The minimum atomic E-state index is -0.301. The van der Waals surface area contributed by atoms with Gasteiger partial charge in [-0.15, -0.1) is 0 Å². The van der Waals surface area contributed by atoms with Crippen LogP contribution in [0.4, 0.5) is 0 Å². The fraction of sp³-hybridized carbons (Fsp3) is 1.00. The molecule has 1 aliphatic rings. The van der Waals surface area contributed by atoms with Gasteiger partial charge in [-0.1, -0.05) is 127 Å². The Morgan fingerprint density at radius 3 is 1.61 bits per heavy atom. The fourth-order valence-electron chi connectivity index (χ4n) is 5.15. The molecular weight excluding hydrogens is 370 g/mol. The molecule has 0 nitrogen and oxygen atoms in total. The van der Waals surface area contributed by atoms with E-state index in [0.29, 0.717) is 17.6 Å². The summed E-state index contributed by atoms with van der Waals surface area (Å²) < 4.78 is 0. The molecule has 1 rings (SSSR count). The van der Waals surface area contributed by atoms with E-state index in [0.717, 1.165) is 12.8 Å². The van der Waals surface area contributed by atoms with Gasteiger partial charge in [0.05, 0.1) is 14.4 Å². The lowest BCUT2D eigenvalue weighted by atomic mass is 9.07. The van der Waals surface area contributed by atoms with Gasteiger partial charge in [0.2, 0.25) is 0 Å². The maximum absolute atomic E-state index is 6.85. The zero-order chi connectivity index (χ0) is 21.2. The maximum Gasteiger partial charge on any atom is 0.190 e. The normalized spacial score (nSPS) is 29.9. The van der Waals surface area contributed by atoms with Gasteiger partial charge in [0.25, 0.3) is 0 Å². The van der Waals surface area contributed by atoms with E-state index in [4.69, 9.17) is 15.6 Å². The third kappa shape index (κ3) is 7.94. The number of thiol groups is 2. The Bertz CT molecular complexity index is 404. The predicted molar refractivity (Wildman–Crippen MR) is 141 cm³/mol. The van der Waals surface area contributed by atoms with E-state index in [-0.39, 0.29) is 17.1 Å². The zero-order valence-corrected chi connectivity index (χ0v) is 20.8. The van der Waals surface area contributed by atoms with Crippen LogP contribution in [0.15, 0.2) is 0 Å². The van der Waals surface area contributed by atoms with Crippen molar-refractivity contribution in [2.24, 2.45) is 5.92 Å². The zero-order valence-electron chi connectivity index (χ0n) is 19.0. The van der Waals surface area contributed by atoms with E-state index in [1.807, 2.05) is 0 Å². The van der Waals surface area contributed by atoms with Gasteiger partial charge >= 0.3 is 0 Å². The Balaban J connectivity index is 2.93. The van der Waals surface area contributed by atoms with Gasteiger partial charge < -0.3 is 0 Å². The predicted octanol–water partition coefficient (Wildman–Crippen LogP) is 6.82. The number of hydrogen-bond donors (Lipinski definition) is 2. The molecule has 0 spiro atoms. The standard InChI is InChI=1S/C21H41B5S2/c1-5-20(3,26(23)21(4,22)6-2)17-11-7-9-13-18(24-27)15-16-19(25-28)14-10-8-12-17/h17-19,27-28H,5-16H2,1-4H3. The van der Waals surface area contributed by atoms with Crippen molar-refractivity contribution in [3.63, 3.8) is 0 Å². The quantitative estimate of drug-likeness (QED) is 0.333.